The van der Waals surface area contributed by atoms with Gasteiger partial charge in [-0.3, -0.25) is 29.9 Å². The third kappa shape index (κ3) is 11.9. The summed E-state index contributed by atoms with van der Waals surface area (Å²) in [4.78, 5) is 27.1. The lowest BCUT2D eigenvalue weighted by molar-refractivity contribution is 1.10. The van der Waals surface area contributed by atoms with Crippen molar-refractivity contribution in [2.75, 3.05) is 0 Å². The number of fused-ring (bicyclic) bond motifs is 18. The lowest BCUT2D eigenvalue weighted by Gasteiger charge is -2.10. The van der Waals surface area contributed by atoms with Gasteiger partial charge < -0.3 is 0 Å². The Balaban J connectivity index is 0.000000106. The van der Waals surface area contributed by atoms with E-state index in [9.17, 15) is 0 Å². The molecule has 492 valence electrons. The van der Waals surface area contributed by atoms with Gasteiger partial charge >= 0.3 is 0 Å². The van der Waals surface area contributed by atoms with E-state index in [0.29, 0.717) is 0 Å². The van der Waals surface area contributed by atoms with Crippen molar-refractivity contribution in [3.8, 4) is 67.2 Å². The molecule has 0 atom stereocenters. The van der Waals surface area contributed by atoms with Crippen molar-refractivity contribution in [1.82, 2.24) is 29.9 Å². The van der Waals surface area contributed by atoms with E-state index in [0.717, 1.165) is 55.6 Å². The fourth-order valence-electron chi connectivity index (χ4n) is 16.2. The van der Waals surface area contributed by atoms with Crippen LogP contribution in [0.15, 0.2) is 134 Å². The molecule has 0 radical (unpaired) electrons. The van der Waals surface area contributed by atoms with Crippen molar-refractivity contribution in [1.29, 1.82) is 0 Å². The zero-order valence-corrected chi connectivity index (χ0v) is 61.6. The van der Waals surface area contributed by atoms with Gasteiger partial charge in [0.1, 0.15) is 0 Å². The highest BCUT2D eigenvalue weighted by Crippen LogP contribution is 2.46. The number of pyridine rings is 6. The minimum atomic E-state index is 1.05. The van der Waals surface area contributed by atoms with Crippen molar-refractivity contribution in [2.45, 2.75) is 177 Å². The molecular weight excluding hydrogens is 1190 g/mol. The summed E-state index contributed by atoms with van der Waals surface area (Å²) in [5, 5.41) is 0. The molecular formula is C92H94N6. The monoisotopic (exact) mass is 1280 g/mol. The lowest BCUT2D eigenvalue weighted by atomic mass is 9.95. The van der Waals surface area contributed by atoms with Crippen molar-refractivity contribution >= 4 is 0 Å². The molecule has 12 aromatic rings. The van der Waals surface area contributed by atoms with Crippen LogP contribution in [0.2, 0.25) is 0 Å². The Morgan fingerprint density at radius 3 is 1.27 bits per heavy atom. The van der Waals surface area contributed by atoms with Crippen LogP contribution in [0.4, 0.5) is 0 Å². The van der Waals surface area contributed by atoms with Gasteiger partial charge in [0.25, 0.3) is 0 Å². The summed E-state index contributed by atoms with van der Waals surface area (Å²) in [6.45, 7) is 43.6. The van der Waals surface area contributed by atoms with Gasteiger partial charge in [-0.2, -0.15) is 0 Å². The molecule has 6 aromatic heterocycles. The van der Waals surface area contributed by atoms with Gasteiger partial charge in [-0.25, -0.2) is 0 Å². The smallest absolute Gasteiger partial charge is 0.0742 e. The number of benzene rings is 6. The Morgan fingerprint density at radius 1 is 0.235 bits per heavy atom. The molecule has 0 unspecified atom stereocenters. The summed E-state index contributed by atoms with van der Waals surface area (Å²) in [6.07, 6.45) is 16.1. The van der Waals surface area contributed by atoms with Gasteiger partial charge in [-0.1, -0.05) is 72.8 Å². The minimum Gasteiger partial charge on any atom is -0.261 e. The van der Waals surface area contributed by atoms with Gasteiger partial charge in [0.2, 0.25) is 0 Å². The molecule has 0 aliphatic heterocycles. The molecule has 6 heterocycles. The third-order valence-electron chi connectivity index (χ3n) is 23.1. The van der Waals surface area contributed by atoms with E-state index in [2.05, 4.69) is 253 Å². The van der Waals surface area contributed by atoms with Crippen LogP contribution >= 0.6 is 0 Å². The van der Waals surface area contributed by atoms with Crippen LogP contribution < -0.4 is 0 Å². The van der Waals surface area contributed by atoms with Crippen LogP contribution in [0, 0.1) is 138 Å². The van der Waals surface area contributed by atoms with E-state index in [1.54, 1.807) is 0 Å². The summed E-state index contributed by atoms with van der Waals surface area (Å²) < 4.78 is 0. The zero-order chi connectivity index (χ0) is 69.4. The first-order valence-electron chi connectivity index (χ1n) is 35.2. The van der Waals surface area contributed by atoms with E-state index in [-0.39, 0.29) is 0 Å². The maximum Gasteiger partial charge on any atom is 0.0742 e. The number of aryl methyl sites for hydroxylation is 12. The molecule has 98 heavy (non-hydrogen) atoms. The highest BCUT2D eigenvalue weighted by molar-refractivity contribution is 5.84. The van der Waals surface area contributed by atoms with Gasteiger partial charge in [0.05, 0.1) is 17.1 Å². The molecule has 6 heteroatoms. The minimum absolute atomic E-state index is 1.05. The second-order valence-electron chi connectivity index (χ2n) is 28.8. The van der Waals surface area contributed by atoms with E-state index in [1.165, 1.54) is 229 Å². The van der Waals surface area contributed by atoms with Crippen LogP contribution in [-0.4, -0.2) is 29.9 Å². The van der Waals surface area contributed by atoms with E-state index >= 15 is 0 Å². The predicted octanol–water partition coefficient (Wildman–Crippen LogP) is 22.1. The number of hydrogen-bond acceptors (Lipinski definition) is 6. The lowest BCUT2D eigenvalue weighted by Crippen LogP contribution is -1.93. The van der Waals surface area contributed by atoms with Crippen LogP contribution in [0.1, 0.15) is 179 Å². The Bertz CT molecular complexity index is 5210. The Hall–Kier alpha value is -9.78. The molecule has 0 spiro atoms. The normalized spacial score (nSPS) is 12.4. The molecule has 6 aliphatic carbocycles. The van der Waals surface area contributed by atoms with Gasteiger partial charge in [-0.15, -0.1) is 0 Å². The molecule has 6 aromatic carbocycles. The number of aromatic nitrogens is 6. The largest absolute Gasteiger partial charge is 0.261 e. The summed E-state index contributed by atoms with van der Waals surface area (Å²) in [5.74, 6) is 0. The fraction of sp³-hybridized carbons (Fsp3) is 0.283. The molecule has 18 rings (SSSR count). The molecule has 0 saturated heterocycles. The van der Waals surface area contributed by atoms with Crippen molar-refractivity contribution in [3.63, 3.8) is 0 Å². The first kappa shape index (κ1) is 66.8. The SMILES string of the molecule is Cc1cc(C)c2c(c1C)Cc1cccnc1-2.Cc1cc2c(c(C)c1C)Cc1cccnc1-2.Cc1cc2c(c(C)n1)-c1ccc(C)c(C)c1C2.Cc1ccc2c(c1C)Cc1c(C)cnc(C)c1-2.Cc1ccc2c(c1C)Cc1c-2cnc(C)c1C.Cc1ccc2c(c1C)Cc1cccnc1-2. The van der Waals surface area contributed by atoms with Crippen molar-refractivity contribution in [3.05, 3.63) is 313 Å². The molecule has 0 fully saturated rings. The number of rotatable bonds is 0. The summed E-state index contributed by atoms with van der Waals surface area (Å²) in [6, 6.07) is 37.3. The van der Waals surface area contributed by atoms with Crippen molar-refractivity contribution < 1.29 is 0 Å². The second-order valence-corrected chi connectivity index (χ2v) is 28.8. The molecule has 6 aliphatic rings. The van der Waals surface area contributed by atoms with E-state index in [4.69, 9.17) is 0 Å². The average Bonchev–Trinajstić information content (AvgIpc) is 1.64. The third-order valence-corrected chi connectivity index (χ3v) is 23.1. The molecule has 0 amide bonds. The predicted molar refractivity (Wildman–Crippen MR) is 410 cm³/mol. The summed E-state index contributed by atoms with van der Waals surface area (Å²) in [5.41, 5.74) is 60.2. The highest BCUT2D eigenvalue weighted by atomic mass is 14.7. The number of hydrogen-bond donors (Lipinski definition) is 0. The van der Waals surface area contributed by atoms with Gasteiger partial charge in [0.15, 0.2) is 0 Å². The standard InChI is InChI=1S/3C16H17N.2C15H15N.C14H13N/c1-9-5-6-13-14(10(9)2)7-15-11(3)12(4)17-8-16(13)15;1-9-5-6-13-15(11(9)3)7-14-10(2)8-17-12(4)16(13)14;1-9-5-6-14-15(11(9)3)8-13-7-10(2)17-12(4)16(13)14;1-9-7-14-13(11(3)10(9)2)8-12-5-4-6-16-15(12)14;1-9-7-10(2)14-13(11(9)3)8-12-5-4-6-16-15(12)14;1-9-5-6-12-13(10(9)2)8-11-4-3-7-15-14(11)12/h2*5-6,8H,7H2,1-4H3;5-7H,8H2,1-4H3;2*4-7H,8H2,1-3H3;3-7H,8H2,1-2H3. The van der Waals surface area contributed by atoms with Gasteiger partial charge in [-0.05, 0) is 361 Å². The van der Waals surface area contributed by atoms with Crippen LogP contribution in [0.25, 0.3) is 67.2 Å². The molecule has 0 bridgehead atoms. The summed E-state index contributed by atoms with van der Waals surface area (Å²) >= 11 is 0. The highest BCUT2D eigenvalue weighted by Gasteiger charge is 2.29. The topological polar surface area (TPSA) is 77.3 Å². The maximum atomic E-state index is 4.60. The maximum absolute atomic E-state index is 4.60. The quantitative estimate of drug-likeness (QED) is 0.151. The van der Waals surface area contributed by atoms with Crippen LogP contribution in [-0.2, 0) is 38.5 Å². The Kier molecular flexibility index (Phi) is 18.1. The zero-order valence-electron chi connectivity index (χ0n) is 61.6. The van der Waals surface area contributed by atoms with E-state index in [1.807, 2.05) is 49.2 Å². The first-order valence-corrected chi connectivity index (χ1v) is 35.2. The summed E-state index contributed by atoms with van der Waals surface area (Å²) in [7, 11) is 0. The molecule has 0 saturated carbocycles. The second kappa shape index (κ2) is 26.6. The first-order chi connectivity index (χ1) is 46.9. The van der Waals surface area contributed by atoms with Crippen molar-refractivity contribution in [2.24, 2.45) is 0 Å². The van der Waals surface area contributed by atoms with Crippen LogP contribution in [0.3, 0.4) is 0 Å². The van der Waals surface area contributed by atoms with Gasteiger partial charge in [0, 0.05) is 106 Å². The molecule has 0 N–H and O–H groups in total. The van der Waals surface area contributed by atoms with E-state index < -0.39 is 0 Å². The Morgan fingerprint density at radius 2 is 0.663 bits per heavy atom. The molecule has 6 nitrogen and oxygen atoms in total. The number of nitrogens with zero attached hydrogens (tertiary/aromatic N) is 6. The average molecular weight is 1280 g/mol. The Labute approximate surface area is 583 Å². The van der Waals surface area contributed by atoms with Crippen LogP contribution in [0.5, 0.6) is 0 Å². The fourth-order valence-corrected chi connectivity index (χ4v) is 16.2.